The van der Waals surface area contributed by atoms with E-state index in [1.165, 1.54) is 0 Å². The summed E-state index contributed by atoms with van der Waals surface area (Å²) in [7, 11) is -0.417. The summed E-state index contributed by atoms with van der Waals surface area (Å²) in [6.45, 7) is 21.1. The molecule has 44 heavy (non-hydrogen) atoms. The van der Waals surface area contributed by atoms with E-state index < -0.39 is 23.9 Å². The lowest BCUT2D eigenvalue weighted by Gasteiger charge is -2.32. The van der Waals surface area contributed by atoms with Crippen LogP contribution in [0.15, 0.2) is 42.5 Å². The zero-order chi connectivity index (χ0) is 31.8. The topological polar surface area (TPSA) is 85.9 Å². The van der Waals surface area contributed by atoms with Crippen molar-refractivity contribution in [2.75, 3.05) is 6.54 Å². The van der Waals surface area contributed by atoms with Crippen LogP contribution in [-0.2, 0) is 20.7 Å². The molecule has 2 aliphatic rings. The van der Waals surface area contributed by atoms with Crippen LogP contribution < -0.4 is 10.2 Å². The number of ether oxygens (including phenoxy) is 2. The molecule has 1 amide bonds. The number of rotatable bonds is 5. The third kappa shape index (κ3) is 5.45. The van der Waals surface area contributed by atoms with Gasteiger partial charge in [-0.2, -0.15) is 0 Å². The molecule has 6 rings (SSSR count). The minimum atomic E-state index is -0.582. The van der Waals surface area contributed by atoms with Crippen LogP contribution in [0.3, 0.4) is 0 Å². The number of nitrogens with one attached hydrogen (secondary N) is 1. The maximum Gasteiger partial charge on any atom is 0.494 e. The average Bonchev–Trinajstić information content (AvgIpc) is 3.46. The maximum absolute atomic E-state index is 13.2. The van der Waals surface area contributed by atoms with E-state index in [0.29, 0.717) is 13.2 Å². The second kappa shape index (κ2) is 10.5. The number of fused-ring (bicyclic) bond motifs is 6. The third-order valence-electron chi connectivity index (χ3n) is 8.97. The highest BCUT2D eigenvalue weighted by Gasteiger charge is 2.51. The maximum atomic E-state index is 13.2. The van der Waals surface area contributed by atoms with Gasteiger partial charge < -0.3 is 23.8 Å². The molecule has 9 heteroatoms. The predicted octanol–water partition coefficient (Wildman–Crippen LogP) is 7.53. The number of hydrogen-bond donors (Lipinski definition) is 1. The first-order valence-corrected chi connectivity index (χ1v) is 15.6. The molecule has 0 radical (unpaired) electrons. The minimum absolute atomic E-state index is 0.273. The van der Waals surface area contributed by atoms with Crippen molar-refractivity contribution < 1.29 is 23.6 Å². The van der Waals surface area contributed by atoms with E-state index >= 15 is 0 Å². The van der Waals surface area contributed by atoms with E-state index in [9.17, 15) is 4.79 Å². The van der Waals surface area contributed by atoms with Gasteiger partial charge in [-0.25, -0.2) is 9.78 Å². The van der Waals surface area contributed by atoms with Crippen molar-refractivity contribution in [3.05, 3.63) is 53.9 Å². The van der Waals surface area contributed by atoms with E-state index in [4.69, 9.17) is 23.8 Å². The Balaban J connectivity index is 1.33. The van der Waals surface area contributed by atoms with Gasteiger partial charge in [0.15, 0.2) is 0 Å². The van der Waals surface area contributed by atoms with Gasteiger partial charge in [0, 0.05) is 17.5 Å². The number of imidazole rings is 1. The Kier molecular flexibility index (Phi) is 7.28. The van der Waals surface area contributed by atoms with Gasteiger partial charge in [-0.3, -0.25) is 4.90 Å². The Morgan fingerprint density at radius 2 is 1.73 bits per heavy atom. The third-order valence-corrected chi connectivity index (χ3v) is 8.97. The Labute approximate surface area is 260 Å². The van der Waals surface area contributed by atoms with Crippen LogP contribution in [0, 0.1) is 5.92 Å². The van der Waals surface area contributed by atoms with Crippen LogP contribution >= 0.6 is 0 Å². The lowest BCUT2D eigenvalue weighted by molar-refractivity contribution is 0.00578. The van der Waals surface area contributed by atoms with Crippen LogP contribution in [0.2, 0.25) is 0 Å². The number of H-pyrrole nitrogens is 1. The van der Waals surface area contributed by atoms with Gasteiger partial charge in [-0.15, -0.1) is 0 Å². The normalized spacial score (nSPS) is 17.8. The van der Waals surface area contributed by atoms with Crippen LogP contribution in [0.5, 0.6) is 5.75 Å². The molecule has 1 fully saturated rings. The van der Waals surface area contributed by atoms with E-state index in [1.54, 1.807) is 4.90 Å². The van der Waals surface area contributed by atoms with Gasteiger partial charge in [0.25, 0.3) is 0 Å². The molecule has 2 aliphatic heterocycles. The highest BCUT2D eigenvalue weighted by molar-refractivity contribution is 6.62. The molecule has 8 nitrogen and oxygen atoms in total. The summed E-state index contributed by atoms with van der Waals surface area (Å²) in [4.78, 5) is 23.4. The lowest BCUT2D eigenvalue weighted by Crippen LogP contribution is -2.41. The molecule has 0 spiro atoms. The summed E-state index contributed by atoms with van der Waals surface area (Å²) in [5, 5.41) is 2.07. The molecule has 232 valence electrons. The lowest BCUT2D eigenvalue weighted by atomic mass is 9.77. The van der Waals surface area contributed by atoms with E-state index in [0.717, 1.165) is 55.5 Å². The number of aromatic nitrogens is 2. The molecular formula is C35H44BN3O5. The van der Waals surface area contributed by atoms with Crippen molar-refractivity contribution in [1.82, 2.24) is 14.9 Å². The molecule has 1 aromatic heterocycles. The van der Waals surface area contributed by atoms with Crippen LogP contribution in [0.1, 0.15) is 86.7 Å². The van der Waals surface area contributed by atoms with Gasteiger partial charge >= 0.3 is 13.2 Å². The van der Waals surface area contributed by atoms with Crippen molar-refractivity contribution >= 4 is 40.5 Å². The molecule has 0 saturated carbocycles. The second-order valence-electron chi connectivity index (χ2n) is 14.6. The molecule has 3 heterocycles. The second-order valence-corrected chi connectivity index (χ2v) is 14.6. The number of hydrogen-bond acceptors (Lipinski definition) is 6. The molecule has 1 atom stereocenters. The number of carbonyl (C=O) groups excluding carboxylic acids is 1. The Bertz CT molecular complexity index is 1740. The molecule has 3 aromatic carbocycles. The van der Waals surface area contributed by atoms with Crippen molar-refractivity contribution in [3.63, 3.8) is 0 Å². The van der Waals surface area contributed by atoms with Gasteiger partial charge in [0.05, 0.1) is 28.3 Å². The number of amides is 1. The minimum Gasteiger partial charge on any atom is -0.488 e. The fourth-order valence-corrected chi connectivity index (χ4v) is 5.90. The highest BCUT2D eigenvalue weighted by atomic mass is 16.7. The zero-order valence-electron chi connectivity index (χ0n) is 27.6. The smallest absolute Gasteiger partial charge is 0.488 e. The number of carbonyl (C=O) groups is 1. The molecule has 0 aliphatic carbocycles. The summed E-state index contributed by atoms with van der Waals surface area (Å²) in [6.07, 6.45) is -0.341. The summed E-state index contributed by atoms with van der Waals surface area (Å²) in [5.41, 5.74) is 4.69. The van der Waals surface area contributed by atoms with Gasteiger partial charge in [0.2, 0.25) is 0 Å². The van der Waals surface area contributed by atoms with E-state index in [1.807, 2.05) is 27.7 Å². The summed E-state index contributed by atoms with van der Waals surface area (Å²) in [6, 6.07) is 14.5. The number of aromatic amines is 1. The van der Waals surface area contributed by atoms with Gasteiger partial charge in [0.1, 0.15) is 23.8 Å². The summed E-state index contributed by atoms with van der Waals surface area (Å²) in [5.74, 6) is 1.82. The SMILES string of the molecule is CC(C)CN(C(=O)OC(C)(C)C)[C@@H](C)c1nc2c(ccc3cc4c(cc32)OCc2cc(B3OC(C)(C)C(C)(C)O3)ccc2-4)[nH]1. The van der Waals surface area contributed by atoms with Crippen LogP contribution in [-0.4, -0.2) is 51.4 Å². The first-order chi connectivity index (χ1) is 20.5. The van der Waals surface area contributed by atoms with Crippen LogP contribution in [0.4, 0.5) is 4.79 Å². The largest absolute Gasteiger partial charge is 0.494 e. The van der Waals surface area contributed by atoms with Crippen molar-refractivity contribution in [3.8, 4) is 16.9 Å². The first-order valence-electron chi connectivity index (χ1n) is 15.6. The van der Waals surface area contributed by atoms with Crippen molar-refractivity contribution in [1.29, 1.82) is 0 Å². The molecule has 1 N–H and O–H groups in total. The Morgan fingerprint density at radius 3 is 2.39 bits per heavy atom. The predicted molar refractivity (Wildman–Crippen MR) is 175 cm³/mol. The summed E-state index contributed by atoms with van der Waals surface area (Å²) >= 11 is 0. The number of benzene rings is 3. The Morgan fingerprint density at radius 1 is 1.02 bits per heavy atom. The molecule has 0 unspecified atom stereocenters. The van der Waals surface area contributed by atoms with E-state index in [2.05, 4.69) is 89.0 Å². The number of nitrogens with zero attached hydrogens (tertiary/aromatic N) is 2. The van der Waals surface area contributed by atoms with Crippen LogP contribution in [0.25, 0.3) is 32.9 Å². The van der Waals surface area contributed by atoms with Gasteiger partial charge in [-0.1, -0.05) is 38.1 Å². The zero-order valence-corrected chi connectivity index (χ0v) is 27.6. The monoisotopic (exact) mass is 597 g/mol. The summed E-state index contributed by atoms with van der Waals surface area (Å²) < 4.78 is 24.7. The molecular weight excluding hydrogens is 553 g/mol. The standard InChI is InChI=1S/C35H44BN3O5/c1-20(2)18-39(32(40)42-33(4,5)6)21(3)31-37-28-14-11-22-16-27-25-13-12-24(36-43-34(7,8)35(9,10)44-36)15-23(25)19-41-29(27)17-26(22)30(28)38-31/h11-17,20-21H,18-19H2,1-10H3,(H,37,38)/t21-/m0/s1. The molecule has 1 saturated heterocycles. The Hall–Kier alpha value is -3.56. The average molecular weight is 598 g/mol. The highest BCUT2D eigenvalue weighted by Crippen LogP contribution is 2.42. The molecule has 0 bridgehead atoms. The van der Waals surface area contributed by atoms with Crippen molar-refractivity contribution in [2.45, 2.75) is 98.7 Å². The van der Waals surface area contributed by atoms with Gasteiger partial charge in [-0.05, 0) is 101 Å². The molecule has 4 aromatic rings. The fourth-order valence-electron chi connectivity index (χ4n) is 5.90. The fraction of sp³-hybridized carbons (Fsp3) is 0.486. The quantitative estimate of drug-likeness (QED) is 0.240. The van der Waals surface area contributed by atoms with Crippen molar-refractivity contribution in [2.24, 2.45) is 5.92 Å². The first kappa shape index (κ1) is 30.5. The van der Waals surface area contributed by atoms with E-state index in [-0.39, 0.29) is 18.1 Å².